The number of amides is 4. The predicted molar refractivity (Wildman–Crippen MR) is 251 cm³/mol. The number of hydrogen-bond donors (Lipinski definition) is 11. The molecule has 0 radical (unpaired) electrons. The van der Waals surface area contributed by atoms with Gasteiger partial charge in [-0.1, -0.05) is 51.1 Å². The smallest absolute Gasteiger partial charge is 0.326 e. The van der Waals surface area contributed by atoms with E-state index in [2.05, 4.69) is 25.9 Å². The Kier molecular flexibility index (Phi) is 17.0. The third-order valence-corrected chi connectivity index (χ3v) is 11.3. The highest BCUT2D eigenvalue weighted by atomic mass is 16.5. The number of aliphatic hydroxyl groups excluding tert-OH is 2. The Morgan fingerprint density at radius 1 is 0.897 bits per heavy atom. The molecule has 1 aromatic heterocycles. The summed E-state index contributed by atoms with van der Waals surface area (Å²) in [6.45, 7) is 7.82. The summed E-state index contributed by atoms with van der Waals surface area (Å²) in [4.78, 5) is 79.7. The van der Waals surface area contributed by atoms with Crippen LogP contribution in [0.15, 0.2) is 54.6 Å². The number of phenols is 1. The maximum Gasteiger partial charge on any atom is 0.326 e. The van der Waals surface area contributed by atoms with E-state index in [4.69, 9.17) is 32.4 Å². The van der Waals surface area contributed by atoms with E-state index < -0.39 is 78.3 Å². The summed E-state index contributed by atoms with van der Waals surface area (Å²) in [5.41, 5.74) is 25.6. The molecule has 15 N–H and O–H groups in total. The standard InChI is InChI=1S/C47H62N10O11/c1-23-37(40(51)56-41(52-23)29-9-7-8-10-32(29)47(3,4)5)43(62)54-33(13-14-48)45(64)57(6)38-26-17-31(39(60)36(18-26)68-22-28(59)20-50)30-15-25(11-12-35(30)67-21-27(58)19-49)16-34(46(65)66)55-42(61)24(2)53-44(38)63/h7-12,15,17-18,24,27-28,33-34,38,58-60H,13-14,16,19-22,48-50H2,1-6H3,(H,53,63)(H,54,62)(H,55,61)(H,65,66)(H2,51,52,56)/t24-,27?,28?,33?,34-,38-/m0/s1. The van der Waals surface area contributed by atoms with Crippen molar-refractivity contribution in [1.29, 1.82) is 0 Å². The summed E-state index contributed by atoms with van der Waals surface area (Å²) in [7, 11) is 1.27. The molecule has 21 nitrogen and oxygen atoms in total. The minimum absolute atomic E-state index is 0.00717. The molecule has 366 valence electrons. The number of nitrogens with zero attached hydrogens (tertiary/aromatic N) is 3. The maximum atomic E-state index is 14.8. The fourth-order valence-corrected chi connectivity index (χ4v) is 7.65. The Morgan fingerprint density at radius 3 is 2.15 bits per heavy atom. The Labute approximate surface area is 393 Å². The van der Waals surface area contributed by atoms with Crippen LogP contribution in [0.3, 0.4) is 0 Å². The summed E-state index contributed by atoms with van der Waals surface area (Å²) in [5.74, 6) is -5.45. The van der Waals surface area contributed by atoms with E-state index in [1.807, 2.05) is 45.0 Å². The quantitative estimate of drug-likeness (QED) is 0.0723. The van der Waals surface area contributed by atoms with Crippen LogP contribution in [-0.4, -0.2) is 135 Å². The number of aromatic hydroxyl groups is 1. The average Bonchev–Trinajstić information content (AvgIpc) is 3.29. The average molecular weight is 943 g/mol. The lowest BCUT2D eigenvalue weighted by molar-refractivity contribution is -0.143. The molecule has 0 fully saturated rings. The summed E-state index contributed by atoms with van der Waals surface area (Å²) in [6.07, 6.45) is -2.70. The molecule has 4 bridgehead atoms. The van der Waals surface area contributed by atoms with Crippen molar-refractivity contribution in [3.8, 4) is 39.8 Å². The van der Waals surface area contributed by atoms with Gasteiger partial charge in [0.2, 0.25) is 17.7 Å². The molecule has 0 spiro atoms. The van der Waals surface area contributed by atoms with Crippen LogP contribution >= 0.6 is 0 Å². The SMILES string of the molecule is Cc1nc(-c2ccccc2C(C)(C)C)nc(N)c1C(=O)NC(CCN)C(=O)N(C)[C@@H]1C(=O)N[C@@H](C)C(=O)N[C@H](C(=O)O)Cc2ccc(OCC(O)CN)c(c2)-c2cc1cc(OCC(O)CN)c2O. The summed E-state index contributed by atoms with van der Waals surface area (Å²) < 4.78 is 11.8. The molecule has 4 aromatic rings. The van der Waals surface area contributed by atoms with Gasteiger partial charge in [0.05, 0.1) is 5.69 Å². The number of nitrogen functional groups attached to an aromatic ring is 1. The van der Waals surface area contributed by atoms with E-state index in [9.17, 15) is 44.4 Å². The monoisotopic (exact) mass is 942 g/mol. The summed E-state index contributed by atoms with van der Waals surface area (Å²) in [6, 6.07) is 8.72. The van der Waals surface area contributed by atoms with Crippen LogP contribution in [-0.2, 0) is 31.0 Å². The Hall–Kier alpha value is -6.91. The number of carboxylic acid groups (broad SMARTS) is 1. The lowest BCUT2D eigenvalue weighted by Gasteiger charge is -2.33. The van der Waals surface area contributed by atoms with Crippen molar-refractivity contribution in [3.05, 3.63) is 82.5 Å². The van der Waals surface area contributed by atoms with Crippen molar-refractivity contribution in [2.45, 2.75) is 89.3 Å². The van der Waals surface area contributed by atoms with E-state index in [0.717, 1.165) is 16.0 Å². The van der Waals surface area contributed by atoms with Crippen molar-refractivity contribution in [3.63, 3.8) is 0 Å². The molecule has 3 aromatic carbocycles. The zero-order valence-corrected chi connectivity index (χ0v) is 38.9. The van der Waals surface area contributed by atoms with Crippen molar-refractivity contribution in [2.75, 3.05) is 45.6 Å². The number of likely N-dealkylation sites (N-methyl/N-ethyl adjacent to an activating group) is 1. The fraction of sp³-hybridized carbons (Fsp3) is 0.426. The maximum absolute atomic E-state index is 14.8. The molecule has 0 saturated carbocycles. The van der Waals surface area contributed by atoms with Gasteiger partial charge in [-0.2, -0.15) is 0 Å². The van der Waals surface area contributed by atoms with Crippen LogP contribution in [0.1, 0.15) is 72.9 Å². The minimum Gasteiger partial charge on any atom is -0.504 e. The predicted octanol–water partition coefficient (Wildman–Crippen LogP) is 0.378. The second-order valence-electron chi connectivity index (χ2n) is 17.6. The second kappa shape index (κ2) is 22.3. The number of aryl methyl sites for hydroxylation is 1. The fourth-order valence-electron chi connectivity index (χ4n) is 7.65. The first-order valence-corrected chi connectivity index (χ1v) is 22.0. The molecule has 1 aliphatic rings. The topological polar surface area (TPSA) is 354 Å². The lowest BCUT2D eigenvalue weighted by Crippen LogP contribution is -2.55. The highest BCUT2D eigenvalue weighted by Crippen LogP contribution is 2.45. The molecule has 5 rings (SSSR count). The number of ether oxygens (including phenoxy) is 2. The number of phenolic OH excluding ortho intramolecular Hbond substituents is 1. The number of nitrogens with two attached hydrogens (primary N) is 4. The van der Waals surface area contributed by atoms with E-state index in [1.54, 1.807) is 6.92 Å². The van der Waals surface area contributed by atoms with Gasteiger partial charge in [0.15, 0.2) is 17.3 Å². The Bertz CT molecular complexity index is 2490. The van der Waals surface area contributed by atoms with Gasteiger partial charge >= 0.3 is 5.97 Å². The van der Waals surface area contributed by atoms with Crippen molar-refractivity contribution < 1.29 is 53.9 Å². The van der Waals surface area contributed by atoms with Crippen LogP contribution in [0, 0.1) is 6.92 Å². The highest BCUT2D eigenvalue weighted by Gasteiger charge is 2.37. The first-order chi connectivity index (χ1) is 32.1. The highest BCUT2D eigenvalue weighted by molar-refractivity contribution is 6.02. The molecule has 6 atom stereocenters. The second-order valence-corrected chi connectivity index (χ2v) is 17.6. The molecular weight excluding hydrogens is 881 g/mol. The minimum atomic E-state index is -1.68. The Morgan fingerprint density at radius 2 is 1.54 bits per heavy atom. The lowest BCUT2D eigenvalue weighted by atomic mass is 9.83. The first kappa shape index (κ1) is 52.1. The molecule has 4 amide bonds. The van der Waals surface area contributed by atoms with Crippen LogP contribution in [0.2, 0.25) is 0 Å². The van der Waals surface area contributed by atoms with Gasteiger partial charge in [0.1, 0.15) is 66.7 Å². The number of benzene rings is 3. The zero-order valence-electron chi connectivity index (χ0n) is 38.9. The first-order valence-electron chi connectivity index (χ1n) is 22.0. The molecule has 0 saturated heterocycles. The van der Waals surface area contributed by atoms with Crippen molar-refractivity contribution in [1.82, 2.24) is 30.8 Å². The zero-order chi connectivity index (χ0) is 50.2. The van der Waals surface area contributed by atoms with E-state index in [1.165, 1.54) is 44.3 Å². The van der Waals surface area contributed by atoms with Gasteiger partial charge in [0, 0.05) is 43.2 Å². The third kappa shape index (κ3) is 12.2. The molecule has 0 aliphatic carbocycles. The normalized spacial score (nSPS) is 17.7. The number of carbonyl (C=O) groups excluding carboxylic acids is 4. The summed E-state index contributed by atoms with van der Waals surface area (Å²) >= 11 is 0. The molecular formula is C47H62N10O11. The van der Waals surface area contributed by atoms with Gasteiger partial charge in [-0.15, -0.1) is 0 Å². The number of carbonyl (C=O) groups is 5. The van der Waals surface area contributed by atoms with E-state index in [0.29, 0.717) is 11.4 Å². The Balaban J connectivity index is 1.65. The van der Waals surface area contributed by atoms with E-state index >= 15 is 0 Å². The van der Waals surface area contributed by atoms with E-state index in [-0.39, 0.29) is 89.8 Å². The summed E-state index contributed by atoms with van der Waals surface area (Å²) in [5, 5.41) is 50.4. The third-order valence-electron chi connectivity index (χ3n) is 11.3. The number of anilines is 1. The van der Waals surface area contributed by atoms with Gasteiger partial charge in [-0.05, 0) is 73.2 Å². The van der Waals surface area contributed by atoms with Crippen molar-refractivity contribution in [2.24, 2.45) is 17.2 Å². The van der Waals surface area contributed by atoms with Gasteiger partial charge in [0.25, 0.3) is 5.91 Å². The number of fused-ring (bicyclic) bond motifs is 5. The van der Waals surface area contributed by atoms with Gasteiger partial charge in [-0.3, -0.25) is 19.2 Å². The van der Waals surface area contributed by atoms with Gasteiger partial charge < -0.3 is 73.7 Å². The van der Waals surface area contributed by atoms with Crippen LogP contribution in [0.5, 0.6) is 17.2 Å². The molecule has 68 heavy (non-hydrogen) atoms. The molecule has 2 heterocycles. The molecule has 1 aliphatic heterocycles. The van der Waals surface area contributed by atoms with Gasteiger partial charge in [-0.25, -0.2) is 14.8 Å². The number of nitrogens with one attached hydrogen (secondary N) is 3. The number of carboxylic acids is 1. The van der Waals surface area contributed by atoms with Crippen LogP contribution in [0.25, 0.3) is 22.5 Å². The number of aliphatic hydroxyl groups is 2. The van der Waals surface area contributed by atoms with Crippen LogP contribution in [0.4, 0.5) is 5.82 Å². The molecule has 21 heteroatoms. The number of aliphatic carboxylic acids is 1. The van der Waals surface area contributed by atoms with Crippen molar-refractivity contribution >= 4 is 35.4 Å². The number of hydrogen-bond acceptors (Lipinski definition) is 16. The van der Waals surface area contributed by atoms with Crippen LogP contribution < -0.4 is 48.4 Å². The number of rotatable bonds is 16. The molecule has 3 unspecified atom stereocenters. The number of aromatic nitrogens is 2. The largest absolute Gasteiger partial charge is 0.504 e.